The number of methoxy groups -OCH3 is 1. The number of benzene rings is 1. The van der Waals surface area contributed by atoms with Crippen LogP contribution in [0, 0.1) is 0 Å². The van der Waals surface area contributed by atoms with Crippen molar-refractivity contribution < 1.29 is 4.74 Å². The third-order valence-corrected chi connectivity index (χ3v) is 3.75. The number of nitrogens with zero attached hydrogens (tertiary/aromatic N) is 2. The molecule has 0 spiro atoms. The SMILES string of the molecule is CCn1c(SCc2ccc(OC)c(N)c2)n[nH]c1=O. The Bertz CT molecular complexity index is 620. The summed E-state index contributed by atoms with van der Waals surface area (Å²) < 4.78 is 6.70. The lowest BCUT2D eigenvalue weighted by molar-refractivity contribution is 0.417. The molecule has 102 valence electrons. The van der Waals surface area contributed by atoms with Crippen molar-refractivity contribution in [3.63, 3.8) is 0 Å². The molecular formula is C12H16N4O2S. The predicted molar refractivity (Wildman–Crippen MR) is 75.5 cm³/mol. The van der Waals surface area contributed by atoms with E-state index in [2.05, 4.69) is 10.2 Å². The van der Waals surface area contributed by atoms with Crippen LogP contribution in [0.3, 0.4) is 0 Å². The molecule has 3 N–H and O–H groups in total. The zero-order valence-corrected chi connectivity index (χ0v) is 11.7. The number of ether oxygens (including phenoxy) is 1. The highest BCUT2D eigenvalue weighted by molar-refractivity contribution is 7.98. The highest BCUT2D eigenvalue weighted by Gasteiger charge is 2.08. The number of nitrogens with two attached hydrogens (primary N) is 1. The van der Waals surface area contributed by atoms with Gasteiger partial charge in [0.05, 0.1) is 12.8 Å². The van der Waals surface area contributed by atoms with Crippen molar-refractivity contribution >= 4 is 17.4 Å². The number of thioether (sulfide) groups is 1. The first-order valence-corrected chi connectivity index (χ1v) is 6.84. The summed E-state index contributed by atoms with van der Waals surface area (Å²) >= 11 is 1.49. The van der Waals surface area contributed by atoms with Crippen LogP contribution in [0.1, 0.15) is 12.5 Å². The minimum absolute atomic E-state index is 0.181. The van der Waals surface area contributed by atoms with Crippen molar-refractivity contribution in [2.45, 2.75) is 24.4 Å². The van der Waals surface area contributed by atoms with E-state index in [9.17, 15) is 4.79 Å². The quantitative estimate of drug-likeness (QED) is 0.640. The van der Waals surface area contributed by atoms with Gasteiger partial charge in [0.2, 0.25) is 0 Å². The van der Waals surface area contributed by atoms with E-state index in [1.54, 1.807) is 11.7 Å². The lowest BCUT2D eigenvalue weighted by atomic mass is 10.2. The smallest absolute Gasteiger partial charge is 0.343 e. The summed E-state index contributed by atoms with van der Waals surface area (Å²) in [7, 11) is 1.59. The fourth-order valence-electron chi connectivity index (χ4n) is 1.71. The molecule has 0 saturated heterocycles. The van der Waals surface area contributed by atoms with Gasteiger partial charge in [-0.3, -0.25) is 4.57 Å². The molecule has 0 aliphatic rings. The highest BCUT2D eigenvalue weighted by Crippen LogP contribution is 2.26. The van der Waals surface area contributed by atoms with Gasteiger partial charge in [-0.15, -0.1) is 5.10 Å². The maximum atomic E-state index is 11.4. The number of hydrogen-bond donors (Lipinski definition) is 2. The monoisotopic (exact) mass is 280 g/mol. The normalized spacial score (nSPS) is 10.6. The molecule has 0 bridgehead atoms. The van der Waals surface area contributed by atoms with E-state index in [-0.39, 0.29) is 5.69 Å². The summed E-state index contributed by atoms with van der Waals surface area (Å²) in [6.45, 7) is 2.51. The van der Waals surface area contributed by atoms with Gasteiger partial charge in [0.1, 0.15) is 5.75 Å². The molecule has 0 unspecified atom stereocenters. The summed E-state index contributed by atoms with van der Waals surface area (Å²) in [6, 6.07) is 5.65. The van der Waals surface area contributed by atoms with E-state index >= 15 is 0 Å². The van der Waals surface area contributed by atoms with Crippen LogP contribution in [0.25, 0.3) is 0 Å². The summed E-state index contributed by atoms with van der Waals surface area (Å²) in [4.78, 5) is 11.4. The summed E-state index contributed by atoms with van der Waals surface area (Å²) in [6.07, 6.45) is 0. The first-order chi connectivity index (χ1) is 9.15. The Morgan fingerprint density at radius 2 is 2.32 bits per heavy atom. The third kappa shape index (κ3) is 2.93. The molecule has 0 aliphatic carbocycles. The van der Waals surface area contributed by atoms with E-state index in [4.69, 9.17) is 10.5 Å². The van der Waals surface area contributed by atoms with Crippen LogP contribution in [-0.4, -0.2) is 21.9 Å². The Kier molecular flexibility index (Phi) is 4.16. The molecule has 19 heavy (non-hydrogen) atoms. The summed E-state index contributed by atoms with van der Waals surface area (Å²) in [5.74, 6) is 1.36. The molecule has 2 rings (SSSR count). The minimum atomic E-state index is -0.181. The predicted octanol–water partition coefficient (Wildman–Crippen LogP) is 1.47. The maximum Gasteiger partial charge on any atom is 0.343 e. The Hall–Kier alpha value is -1.89. The molecule has 6 nitrogen and oxygen atoms in total. The third-order valence-electron chi connectivity index (χ3n) is 2.70. The lowest BCUT2D eigenvalue weighted by Crippen LogP contribution is -2.16. The van der Waals surface area contributed by atoms with Gasteiger partial charge in [0.25, 0.3) is 0 Å². The average Bonchev–Trinajstić information content (AvgIpc) is 2.77. The van der Waals surface area contributed by atoms with Gasteiger partial charge in [-0.05, 0) is 24.6 Å². The second-order valence-corrected chi connectivity index (χ2v) is 4.86. The maximum absolute atomic E-state index is 11.4. The molecule has 1 aromatic carbocycles. The fraction of sp³-hybridized carbons (Fsp3) is 0.333. The number of aromatic amines is 1. The van der Waals surface area contributed by atoms with Gasteiger partial charge in [-0.1, -0.05) is 17.8 Å². The summed E-state index contributed by atoms with van der Waals surface area (Å²) in [5, 5.41) is 7.12. The number of H-pyrrole nitrogens is 1. The lowest BCUT2D eigenvalue weighted by Gasteiger charge is -2.07. The topological polar surface area (TPSA) is 85.9 Å². The molecule has 2 aromatic rings. The average molecular weight is 280 g/mol. The molecule has 0 amide bonds. The molecular weight excluding hydrogens is 264 g/mol. The Labute approximate surface area is 115 Å². The number of anilines is 1. The molecule has 1 aromatic heterocycles. The first-order valence-electron chi connectivity index (χ1n) is 5.86. The highest BCUT2D eigenvalue weighted by atomic mass is 32.2. The zero-order valence-electron chi connectivity index (χ0n) is 10.8. The standard InChI is InChI=1S/C12H16N4O2S/c1-3-16-11(17)14-15-12(16)19-7-8-4-5-10(18-2)9(13)6-8/h4-6H,3,7,13H2,1-2H3,(H,14,17). The molecule has 0 fully saturated rings. The van der Waals surface area contributed by atoms with Crippen molar-refractivity contribution in [3.05, 3.63) is 34.2 Å². The van der Waals surface area contributed by atoms with Crippen LogP contribution in [0.15, 0.2) is 28.2 Å². The summed E-state index contributed by atoms with van der Waals surface area (Å²) in [5.41, 5.74) is 7.33. The van der Waals surface area contributed by atoms with Crippen LogP contribution >= 0.6 is 11.8 Å². The fourth-order valence-corrected chi connectivity index (χ4v) is 2.67. The second kappa shape index (κ2) is 5.83. The van der Waals surface area contributed by atoms with Crippen LogP contribution in [0.5, 0.6) is 5.75 Å². The number of aromatic nitrogens is 3. The molecule has 0 radical (unpaired) electrons. The molecule has 0 aliphatic heterocycles. The molecule has 1 heterocycles. The first kappa shape index (κ1) is 13.5. The van der Waals surface area contributed by atoms with E-state index in [1.807, 2.05) is 25.1 Å². The van der Waals surface area contributed by atoms with Crippen molar-refractivity contribution in [1.82, 2.24) is 14.8 Å². The second-order valence-electron chi connectivity index (χ2n) is 3.92. The van der Waals surface area contributed by atoms with Crippen LogP contribution < -0.4 is 16.2 Å². The Morgan fingerprint density at radius 1 is 1.53 bits per heavy atom. The Morgan fingerprint density at radius 3 is 2.95 bits per heavy atom. The number of rotatable bonds is 5. The van der Waals surface area contributed by atoms with E-state index in [0.29, 0.717) is 28.9 Å². The van der Waals surface area contributed by atoms with Gasteiger partial charge in [0.15, 0.2) is 5.16 Å². The number of nitrogens with one attached hydrogen (secondary N) is 1. The van der Waals surface area contributed by atoms with Crippen LogP contribution in [0.4, 0.5) is 5.69 Å². The number of nitrogen functional groups attached to an aromatic ring is 1. The van der Waals surface area contributed by atoms with Gasteiger partial charge in [-0.2, -0.15) is 0 Å². The van der Waals surface area contributed by atoms with Crippen LogP contribution in [-0.2, 0) is 12.3 Å². The van der Waals surface area contributed by atoms with Crippen LogP contribution in [0.2, 0.25) is 0 Å². The molecule has 0 atom stereocenters. The van der Waals surface area contributed by atoms with E-state index in [1.165, 1.54) is 11.8 Å². The minimum Gasteiger partial charge on any atom is -0.495 e. The van der Waals surface area contributed by atoms with Gasteiger partial charge in [-0.25, -0.2) is 9.89 Å². The zero-order chi connectivity index (χ0) is 13.8. The van der Waals surface area contributed by atoms with E-state index < -0.39 is 0 Å². The van der Waals surface area contributed by atoms with Crippen molar-refractivity contribution in [1.29, 1.82) is 0 Å². The van der Waals surface area contributed by atoms with Crippen molar-refractivity contribution in [2.75, 3.05) is 12.8 Å². The largest absolute Gasteiger partial charge is 0.495 e. The van der Waals surface area contributed by atoms with Gasteiger partial charge < -0.3 is 10.5 Å². The number of hydrogen-bond acceptors (Lipinski definition) is 5. The molecule has 7 heteroatoms. The van der Waals surface area contributed by atoms with Gasteiger partial charge >= 0.3 is 5.69 Å². The van der Waals surface area contributed by atoms with Crippen molar-refractivity contribution in [3.8, 4) is 5.75 Å². The molecule has 0 saturated carbocycles. The van der Waals surface area contributed by atoms with Crippen molar-refractivity contribution in [2.24, 2.45) is 0 Å². The Balaban J connectivity index is 2.10. The van der Waals surface area contributed by atoms with E-state index in [0.717, 1.165) is 5.56 Å². The van der Waals surface area contributed by atoms with Gasteiger partial charge in [0, 0.05) is 12.3 Å².